The summed E-state index contributed by atoms with van der Waals surface area (Å²) in [5.74, 6) is 0. The van der Waals surface area contributed by atoms with Crippen molar-refractivity contribution < 1.29 is 8.42 Å². The Morgan fingerprint density at radius 2 is 2.00 bits per heavy atom. The van der Waals surface area contributed by atoms with Gasteiger partial charge in [0.1, 0.15) is 0 Å². The van der Waals surface area contributed by atoms with Crippen LogP contribution >= 0.6 is 0 Å². The highest BCUT2D eigenvalue weighted by Gasteiger charge is 2.41. The Balaban J connectivity index is 2.13. The molecule has 0 aromatic heterocycles. The molecule has 1 aromatic carbocycles. The summed E-state index contributed by atoms with van der Waals surface area (Å²) in [6, 6.07) is 7.49. The Kier molecular flexibility index (Phi) is 3.99. The Morgan fingerprint density at radius 3 is 2.58 bits per heavy atom. The van der Waals surface area contributed by atoms with Crippen LogP contribution in [0.2, 0.25) is 0 Å². The predicted molar refractivity (Wildman–Crippen MR) is 76.4 cm³/mol. The number of nitrogens with one attached hydrogen (secondary N) is 2. The average Bonchev–Trinajstić information content (AvgIpc) is 3.03. The molecule has 4 nitrogen and oxygen atoms in total. The lowest BCUT2D eigenvalue weighted by molar-refractivity contribution is 0.557. The summed E-state index contributed by atoms with van der Waals surface area (Å²) < 4.78 is 27.3. The molecule has 0 atom stereocenters. The van der Waals surface area contributed by atoms with E-state index in [1.54, 1.807) is 18.2 Å². The van der Waals surface area contributed by atoms with Crippen molar-refractivity contribution in [1.82, 2.24) is 10.0 Å². The normalized spacial score (nSPS) is 17.7. The van der Waals surface area contributed by atoms with Gasteiger partial charge >= 0.3 is 0 Å². The summed E-state index contributed by atoms with van der Waals surface area (Å²) in [6.45, 7) is 6.75. The molecule has 0 aliphatic heterocycles. The van der Waals surface area contributed by atoms with Gasteiger partial charge < -0.3 is 5.32 Å². The summed E-state index contributed by atoms with van der Waals surface area (Å²) >= 11 is 0. The average molecular weight is 282 g/mol. The SMILES string of the molecule is CC(C)NCc1cccc(S(=O)(=O)NC2(C)CC2)c1. The Bertz CT molecular complexity index is 548. The first-order chi connectivity index (χ1) is 8.81. The van der Waals surface area contributed by atoms with Crippen molar-refractivity contribution in [2.24, 2.45) is 0 Å². The number of hydrogen-bond acceptors (Lipinski definition) is 3. The zero-order valence-corrected chi connectivity index (χ0v) is 12.5. The third-order valence-electron chi connectivity index (χ3n) is 3.30. The van der Waals surface area contributed by atoms with Crippen LogP contribution in [0.1, 0.15) is 39.2 Å². The van der Waals surface area contributed by atoms with Gasteiger partial charge in [-0.15, -0.1) is 0 Å². The van der Waals surface area contributed by atoms with Crippen LogP contribution in [0.5, 0.6) is 0 Å². The zero-order chi connectivity index (χ0) is 14.1. The predicted octanol–water partition coefficient (Wildman–Crippen LogP) is 2.02. The molecule has 106 valence electrons. The minimum absolute atomic E-state index is 0.231. The number of hydrogen-bond donors (Lipinski definition) is 2. The Morgan fingerprint density at radius 1 is 1.32 bits per heavy atom. The van der Waals surface area contributed by atoms with Crippen molar-refractivity contribution >= 4 is 10.0 Å². The van der Waals surface area contributed by atoms with Gasteiger partial charge in [0.25, 0.3) is 0 Å². The number of benzene rings is 1. The van der Waals surface area contributed by atoms with Gasteiger partial charge in [-0.1, -0.05) is 26.0 Å². The molecule has 0 bridgehead atoms. The minimum atomic E-state index is -3.39. The quantitative estimate of drug-likeness (QED) is 0.839. The third-order valence-corrected chi connectivity index (χ3v) is 4.94. The molecule has 0 saturated heterocycles. The van der Waals surface area contributed by atoms with Gasteiger partial charge in [0.2, 0.25) is 10.0 Å². The largest absolute Gasteiger partial charge is 0.310 e. The van der Waals surface area contributed by atoms with Gasteiger partial charge in [0.05, 0.1) is 4.90 Å². The molecule has 0 heterocycles. The fourth-order valence-corrected chi connectivity index (χ4v) is 3.35. The highest BCUT2D eigenvalue weighted by Crippen LogP contribution is 2.35. The second kappa shape index (κ2) is 5.23. The van der Waals surface area contributed by atoms with Crippen LogP contribution in [-0.4, -0.2) is 20.0 Å². The first-order valence-corrected chi connectivity index (χ1v) is 8.15. The summed E-state index contributed by atoms with van der Waals surface area (Å²) in [6.07, 6.45) is 1.83. The standard InChI is InChI=1S/C14H22N2O2S/c1-11(2)15-10-12-5-4-6-13(9-12)19(17,18)16-14(3)7-8-14/h4-6,9,11,15-16H,7-8,10H2,1-3H3. The van der Waals surface area contributed by atoms with Crippen LogP contribution < -0.4 is 10.0 Å². The molecule has 1 aliphatic rings. The first-order valence-electron chi connectivity index (χ1n) is 6.67. The molecular formula is C14H22N2O2S. The van der Waals surface area contributed by atoms with Crippen LogP contribution in [0.4, 0.5) is 0 Å². The number of sulfonamides is 1. The zero-order valence-electron chi connectivity index (χ0n) is 11.7. The van der Waals surface area contributed by atoms with E-state index >= 15 is 0 Å². The molecule has 0 radical (unpaired) electrons. The molecule has 19 heavy (non-hydrogen) atoms. The van der Waals surface area contributed by atoms with Gasteiger partial charge in [-0.3, -0.25) is 0 Å². The molecule has 1 saturated carbocycles. The van der Waals surface area contributed by atoms with Crippen molar-refractivity contribution in [3.05, 3.63) is 29.8 Å². The molecule has 2 rings (SSSR count). The van der Waals surface area contributed by atoms with Gasteiger partial charge in [0.15, 0.2) is 0 Å². The molecule has 1 aromatic rings. The van der Waals surface area contributed by atoms with E-state index in [9.17, 15) is 8.42 Å². The Hall–Kier alpha value is -0.910. The summed E-state index contributed by atoms with van der Waals surface area (Å²) in [5.41, 5.74) is 0.753. The summed E-state index contributed by atoms with van der Waals surface area (Å²) in [4.78, 5) is 0.351. The van der Waals surface area contributed by atoms with Crippen molar-refractivity contribution in [2.75, 3.05) is 0 Å². The van der Waals surface area contributed by atoms with Crippen LogP contribution in [0, 0.1) is 0 Å². The van der Waals surface area contributed by atoms with Crippen LogP contribution in [0.3, 0.4) is 0 Å². The lowest BCUT2D eigenvalue weighted by Gasteiger charge is -2.13. The second-order valence-electron chi connectivity index (χ2n) is 5.85. The topological polar surface area (TPSA) is 58.2 Å². The van der Waals surface area contributed by atoms with Gasteiger partial charge in [-0.05, 0) is 37.5 Å². The molecular weight excluding hydrogens is 260 g/mol. The maximum atomic E-state index is 12.2. The van der Waals surface area contributed by atoms with Crippen molar-refractivity contribution in [3.63, 3.8) is 0 Å². The van der Waals surface area contributed by atoms with Gasteiger partial charge in [-0.2, -0.15) is 0 Å². The van der Waals surface area contributed by atoms with E-state index in [0.717, 1.165) is 18.4 Å². The van der Waals surface area contributed by atoms with E-state index in [4.69, 9.17) is 0 Å². The number of rotatable bonds is 6. The van der Waals surface area contributed by atoms with Crippen molar-refractivity contribution in [2.45, 2.75) is 56.6 Å². The lowest BCUT2D eigenvalue weighted by Crippen LogP contribution is -2.34. The molecule has 0 unspecified atom stereocenters. The molecule has 0 amide bonds. The van der Waals surface area contributed by atoms with E-state index < -0.39 is 10.0 Å². The van der Waals surface area contributed by atoms with E-state index in [1.165, 1.54) is 0 Å². The van der Waals surface area contributed by atoms with Gasteiger partial charge in [0, 0.05) is 18.1 Å². The van der Waals surface area contributed by atoms with Crippen molar-refractivity contribution in [1.29, 1.82) is 0 Å². The fourth-order valence-electron chi connectivity index (χ4n) is 1.82. The Labute approximate surface area is 115 Å². The fraction of sp³-hybridized carbons (Fsp3) is 0.571. The van der Waals surface area contributed by atoms with E-state index in [-0.39, 0.29) is 5.54 Å². The van der Waals surface area contributed by atoms with E-state index in [0.29, 0.717) is 17.5 Å². The maximum absolute atomic E-state index is 12.2. The third kappa shape index (κ3) is 4.03. The van der Waals surface area contributed by atoms with Crippen molar-refractivity contribution in [3.8, 4) is 0 Å². The smallest absolute Gasteiger partial charge is 0.241 e. The monoisotopic (exact) mass is 282 g/mol. The summed E-state index contributed by atoms with van der Waals surface area (Å²) in [5, 5.41) is 3.29. The molecule has 0 spiro atoms. The van der Waals surface area contributed by atoms with Crippen LogP contribution in [0.15, 0.2) is 29.2 Å². The van der Waals surface area contributed by atoms with Crippen LogP contribution in [-0.2, 0) is 16.6 Å². The lowest BCUT2D eigenvalue weighted by atomic mass is 10.2. The molecule has 2 N–H and O–H groups in total. The first kappa shape index (κ1) is 14.5. The highest BCUT2D eigenvalue weighted by molar-refractivity contribution is 7.89. The van der Waals surface area contributed by atoms with Crippen LogP contribution in [0.25, 0.3) is 0 Å². The molecule has 5 heteroatoms. The van der Waals surface area contributed by atoms with E-state index in [2.05, 4.69) is 23.9 Å². The maximum Gasteiger partial charge on any atom is 0.241 e. The second-order valence-corrected chi connectivity index (χ2v) is 7.53. The minimum Gasteiger partial charge on any atom is -0.310 e. The van der Waals surface area contributed by atoms with Gasteiger partial charge in [-0.25, -0.2) is 13.1 Å². The summed E-state index contributed by atoms with van der Waals surface area (Å²) in [7, 11) is -3.39. The van der Waals surface area contributed by atoms with E-state index in [1.807, 2.05) is 13.0 Å². The molecule has 1 aliphatic carbocycles. The highest BCUT2D eigenvalue weighted by atomic mass is 32.2. The molecule has 1 fully saturated rings.